The lowest BCUT2D eigenvalue weighted by atomic mass is 10.2. The van der Waals surface area contributed by atoms with Crippen LogP contribution in [0.2, 0.25) is 0 Å². The van der Waals surface area contributed by atoms with Gasteiger partial charge in [0.2, 0.25) is 17.7 Å². The monoisotopic (exact) mass is 309 g/mol. The zero-order valence-electron chi connectivity index (χ0n) is 13.7. The third-order valence-corrected chi connectivity index (χ3v) is 4.81. The van der Waals surface area contributed by atoms with Crippen LogP contribution in [0.5, 0.6) is 0 Å². The molecule has 0 aromatic rings. The van der Waals surface area contributed by atoms with Crippen molar-refractivity contribution < 1.29 is 14.4 Å². The van der Waals surface area contributed by atoms with Gasteiger partial charge in [0.1, 0.15) is 0 Å². The van der Waals surface area contributed by atoms with Crippen LogP contribution in [0, 0.1) is 0 Å². The normalized spacial score (nSPS) is 19.4. The first-order chi connectivity index (χ1) is 10.5. The number of carbonyl (C=O) groups is 3. The first-order valence-corrected chi connectivity index (χ1v) is 8.29. The summed E-state index contributed by atoms with van der Waals surface area (Å²) in [5.74, 6) is 0.227. The van der Waals surface area contributed by atoms with Gasteiger partial charge in [0.05, 0.1) is 0 Å². The molecule has 1 saturated heterocycles. The molecule has 1 heterocycles. The fraction of sp³-hybridized carbons (Fsp3) is 0.812. The fourth-order valence-electron chi connectivity index (χ4n) is 3.46. The van der Waals surface area contributed by atoms with Crippen molar-refractivity contribution in [1.29, 1.82) is 0 Å². The van der Waals surface area contributed by atoms with Crippen LogP contribution >= 0.6 is 0 Å². The Balaban J connectivity index is 1.79. The summed E-state index contributed by atoms with van der Waals surface area (Å²) in [6.07, 6.45) is 4.86. The van der Waals surface area contributed by atoms with E-state index in [9.17, 15) is 14.4 Å². The molecule has 0 unspecified atom stereocenters. The topological polar surface area (TPSA) is 60.9 Å². The summed E-state index contributed by atoms with van der Waals surface area (Å²) in [5, 5.41) is 0. The molecule has 0 spiro atoms. The Kier molecular flexibility index (Phi) is 5.80. The maximum atomic E-state index is 12.3. The summed E-state index contributed by atoms with van der Waals surface area (Å²) in [7, 11) is 0. The van der Waals surface area contributed by atoms with Gasteiger partial charge in [-0.15, -0.1) is 0 Å². The second-order valence-electron chi connectivity index (χ2n) is 6.29. The van der Waals surface area contributed by atoms with Crippen molar-refractivity contribution in [3.05, 3.63) is 0 Å². The molecule has 0 aromatic carbocycles. The molecule has 2 fully saturated rings. The zero-order chi connectivity index (χ0) is 16.1. The number of amides is 3. The lowest BCUT2D eigenvalue weighted by molar-refractivity contribution is -0.139. The Morgan fingerprint density at radius 2 is 1.50 bits per heavy atom. The zero-order valence-corrected chi connectivity index (χ0v) is 13.7. The summed E-state index contributed by atoms with van der Waals surface area (Å²) in [4.78, 5) is 40.8. The molecule has 0 N–H and O–H groups in total. The van der Waals surface area contributed by atoms with Gasteiger partial charge < -0.3 is 14.7 Å². The Bertz CT molecular complexity index is 424. The van der Waals surface area contributed by atoms with E-state index in [1.165, 1.54) is 12.8 Å². The molecule has 22 heavy (non-hydrogen) atoms. The Hall–Kier alpha value is -1.59. The average Bonchev–Trinajstić information content (AvgIpc) is 3.01. The van der Waals surface area contributed by atoms with E-state index in [1.54, 1.807) is 18.7 Å². The Labute approximate surface area is 132 Å². The molecule has 2 rings (SSSR count). The quantitative estimate of drug-likeness (QED) is 0.774. The highest BCUT2D eigenvalue weighted by Crippen LogP contribution is 2.23. The lowest BCUT2D eigenvalue weighted by Crippen LogP contribution is -2.50. The summed E-state index contributed by atoms with van der Waals surface area (Å²) in [6.45, 7) is 6.09. The van der Waals surface area contributed by atoms with E-state index in [-0.39, 0.29) is 17.7 Å². The molecule has 6 nitrogen and oxygen atoms in total. The summed E-state index contributed by atoms with van der Waals surface area (Å²) in [6, 6.07) is 0.319. The van der Waals surface area contributed by atoms with E-state index >= 15 is 0 Å². The van der Waals surface area contributed by atoms with Gasteiger partial charge in [0.25, 0.3) is 0 Å². The third-order valence-electron chi connectivity index (χ3n) is 4.81. The van der Waals surface area contributed by atoms with Crippen molar-refractivity contribution in [2.24, 2.45) is 0 Å². The summed E-state index contributed by atoms with van der Waals surface area (Å²) in [5.41, 5.74) is 0. The minimum absolute atomic E-state index is 0.0658. The maximum absolute atomic E-state index is 12.3. The van der Waals surface area contributed by atoms with Crippen LogP contribution in [0.15, 0.2) is 0 Å². The molecule has 124 valence electrons. The van der Waals surface area contributed by atoms with Crippen LogP contribution in [0.25, 0.3) is 0 Å². The summed E-state index contributed by atoms with van der Waals surface area (Å²) >= 11 is 0. The van der Waals surface area contributed by atoms with Crippen molar-refractivity contribution in [1.82, 2.24) is 14.7 Å². The van der Waals surface area contributed by atoms with Crippen molar-refractivity contribution in [2.75, 3.05) is 32.7 Å². The predicted octanol–water partition coefficient (Wildman–Crippen LogP) is 0.858. The van der Waals surface area contributed by atoms with Gasteiger partial charge in [-0.1, -0.05) is 12.8 Å². The molecule has 1 aliphatic heterocycles. The van der Waals surface area contributed by atoms with Crippen molar-refractivity contribution in [2.45, 2.75) is 52.0 Å². The van der Waals surface area contributed by atoms with Crippen LogP contribution in [0.1, 0.15) is 46.0 Å². The van der Waals surface area contributed by atoms with Gasteiger partial charge in [-0.25, -0.2) is 0 Å². The number of piperazine rings is 1. The molecule has 6 heteroatoms. The first kappa shape index (κ1) is 16.8. The number of hydrogen-bond acceptors (Lipinski definition) is 3. The number of nitrogens with zero attached hydrogens (tertiary/aromatic N) is 3. The lowest BCUT2D eigenvalue weighted by Gasteiger charge is -2.35. The molecular weight excluding hydrogens is 282 g/mol. The van der Waals surface area contributed by atoms with Gasteiger partial charge in [0, 0.05) is 59.0 Å². The second kappa shape index (κ2) is 7.61. The molecule has 0 atom stereocenters. The number of carbonyl (C=O) groups excluding carboxylic acids is 3. The molecule has 0 bridgehead atoms. The predicted molar refractivity (Wildman–Crippen MR) is 83.1 cm³/mol. The molecule has 1 aliphatic carbocycles. The third kappa shape index (κ3) is 4.21. The Morgan fingerprint density at radius 3 is 2.00 bits per heavy atom. The molecule has 3 amide bonds. The van der Waals surface area contributed by atoms with Crippen LogP contribution < -0.4 is 0 Å². The van der Waals surface area contributed by atoms with E-state index in [2.05, 4.69) is 0 Å². The standard InChI is InChI=1S/C16H27N3O3/c1-13(20)17-9-11-18(12-10-17)16(22)7-8-19(14(2)21)15-5-3-4-6-15/h15H,3-12H2,1-2H3. The minimum atomic E-state index is 0.0658. The van der Waals surface area contributed by atoms with Crippen molar-refractivity contribution in [3.63, 3.8) is 0 Å². The van der Waals surface area contributed by atoms with Crippen LogP contribution in [0.3, 0.4) is 0 Å². The average molecular weight is 309 g/mol. The smallest absolute Gasteiger partial charge is 0.224 e. The molecule has 0 radical (unpaired) electrons. The molecular formula is C16H27N3O3. The Morgan fingerprint density at radius 1 is 0.955 bits per heavy atom. The van der Waals surface area contributed by atoms with Gasteiger partial charge in [-0.3, -0.25) is 14.4 Å². The summed E-state index contributed by atoms with van der Waals surface area (Å²) < 4.78 is 0. The highest BCUT2D eigenvalue weighted by atomic mass is 16.2. The van der Waals surface area contributed by atoms with Crippen LogP contribution in [0.4, 0.5) is 0 Å². The highest BCUT2D eigenvalue weighted by molar-refractivity contribution is 5.79. The largest absolute Gasteiger partial charge is 0.339 e. The van der Waals surface area contributed by atoms with E-state index < -0.39 is 0 Å². The number of hydrogen-bond donors (Lipinski definition) is 0. The van der Waals surface area contributed by atoms with Gasteiger partial charge in [-0.2, -0.15) is 0 Å². The van der Waals surface area contributed by atoms with E-state index in [1.807, 2.05) is 9.80 Å². The van der Waals surface area contributed by atoms with E-state index in [4.69, 9.17) is 0 Å². The molecule has 0 aromatic heterocycles. The SMILES string of the molecule is CC(=O)N1CCN(C(=O)CCN(C(C)=O)C2CCCC2)CC1. The minimum Gasteiger partial charge on any atom is -0.339 e. The fourth-order valence-corrected chi connectivity index (χ4v) is 3.46. The maximum Gasteiger partial charge on any atom is 0.224 e. The first-order valence-electron chi connectivity index (χ1n) is 8.29. The number of rotatable bonds is 4. The molecule has 2 aliphatic rings. The van der Waals surface area contributed by atoms with Crippen LogP contribution in [-0.2, 0) is 14.4 Å². The van der Waals surface area contributed by atoms with Gasteiger partial charge in [0.15, 0.2) is 0 Å². The molecule has 1 saturated carbocycles. The highest BCUT2D eigenvalue weighted by Gasteiger charge is 2.27. The van der Waals surface area contributed by atoms with Gasteiger partial charge in [-0.05, 0) is 12.8 Å². The van der Waals surface area contributed by atoms with Crippen LogP contribution in [-0.4, -0.2) is 71.2 Å². The van der Waals surface area contributed by atoms with E-state index in [0.717, 1.165) is 12.8 Å². The second-order valence-corrected chi connectivity index (χ2v) is 6.29. The van der Waals surface area contributed by atoms with Crippen molar-refractivity contribution >= 4 is 17.7 Å². The van der Waals surface area contributed by atoms with Gasteiger partial charge >= 0.3 is 0 Å². The van der Waals surface area contributed by atoms with E-state index in [0.29, 0.717) is 45.2 Å². The van der Waals surface area contributed by atoms with Crippen molar-refractivity contribution in [3.8, 4) is 0 Å².